The molecule has 0 unspecified atom stereocenters. The number of hydrogen-bond donors (Lipinski definition) is 2. The number of para-hydroxylation sites is 1. The normalized spacial score (nSPS) is 10.8. The molecule has 2 aromatic carbocycles. The summed E-state index contributed by atoms with van der Waals surface area (Å²) in [7, 11) is 0. The average Bonchev–Trinajstić information content (AvgIpc) is 2.59. The summed E-state index contributed by atoms with van der Waals surface area (Å²) in [5, 5.41) is 6.38. The summed E-state index contributed by atoms with van der Waals surface area (Å²) in [4.78, 5) is 12.1. The maximum Gasteiger partial charge on any atom is 0.225 e. The van der Waals surface area contributed by atoms with E-state index in [-0.39, 0.29) is 5.91 Å². The Kier molecular flexibility index (Phi) is 7.50. The molecular weight excluding hydrogens is 296 g/mol. The Labute approximate surface area is 145 Å². The van der Waals surface area contributed by atoms with Crippen LogP contribution in [0, 0.1) is 0 Å². The van der Waals surface area contributed by atoms with Crippen LogP contribution in [0.3, 0.4) is 0 Å². The third kappa shape index (κ3) is 6.17. The lowest BCUT2D eigenvalue weighted by Gasteiger charge is -2.13. The summed E-state index contributed by atoms with van der Waals surface area (Å²) in [5.41, 5.74) is 3.48. The highest BCUT2D eigenvalue weighted by Gasteiger charge is 2.08. The third-order valence-corrected chi connectivity index (χ3v) is 4.05. The Hall–Kier alpha value is -2.13. The molecule has 3 heteroatoms. The van der Waals surface area contributed by atoms with Gasteiger partial charge in [-0.1, -0.05) is 62.4 Å². The molecule has 0 aliphatic rings. The number of anilines is 1. The Balaban J connectivity index is 1.63. The Morgan fingerprint density at radius 1 is 0.958 bits per heavy atom. The number of benzene rings is 2. The predicted molar refractivity (Wildman–Crippen MR) is 101 cm³/mol. The van der Waals surface area contributed by atoms with Crippen molar-refractivity contribution in [1.29, 1.82) is 0 Å². The molecule has 0 heterocycles. The van der Waals surface area contributed by atoms with E-state index in [2.05, 4.69) is 54.8 Å². The fourth-order valence-electron chi connectivity index (χ4n) is 2.72. The summed E-state index contributed by atoms with van der Waals surface area (Å²) in [6.07, 6.45) is 2.65. The molecule has 3 nitrogen and oxygen atoms in total. The van der Waals surface area contributed by atoms with Gasteiger partial charge in [0.15, 0.2) is 0 Å². The first-order valence-electron chi connectivity index (χ1n) is 8.80. The minimum atomic E-state index is 0.0682. The maximum absolute atomic E-state index is 12.1. The topological polar surface area (TPSA) is 41.1 Å². The molecule has 0 spiro atoms. The van der Waals surface area contributed by atoms with Crippen molar-refractivity contribution in [3.8, 4) is 0 Å². The predicted octanol–water partition coefficient (Wildman–Crippen LogP) is 4.36. The average molecular weight is 324 g/mol. The quantitative estimate of drug-likeness (QED) is 0.673. The van der Waals surface area contributed by atoms with E-state index >= 15 is 0 Å². The number of nitrogens with one attached hydrogen (secondary N) is 2. The van der Waals surface area contributed by atoms with Crippen molar-refractivity contribution in [3.05, 3.63) is 65.7 Å². The van der Waals surface area contributed by atoms with E-state index in [1.165, 1.54) is 11.1 Å². The van der Waals surface area contributed by atoms with Gasteiger partial charge in [0, 0.05) is 18.7 Å². The van der Waals surface area contributed by atoms with Gasteiger partial charge >= 0.3 is 0 Å². The molecule has 1 amide bonds. The van der Waals surface area contributed by atoms with Gasteiger partial charge in [-0.05, 0) is 42.5 Å². The van der Waals surface area contributed by atoms with E-state index in [0.29, 0.717) is 18.9 Å². The van der Waals surface area contributed by atoms with Crippen LogP contribution in [-0.4, -0.2) is 19.0 Å². The van der Waals surface area contributed by atoms with Crippen molar-refractivity contribution in [3.63, 3.8) is 0 Å². The molecule has 0 fully saturated rings. The highest BCUT2D eigenvalue weighted by atomic mass is 16.1. The highest BCUT2D eigenvalue weighted by molar-refractivity contribution is 5.91. The van der Waals surface area contributed by atoms with Gasteiger partial charge < -0.3 is 10.6 Å². The van der Waals surface area contributed by atoms with Crippen molar-refractivity contribution >= 4 is 11.6 Å². The van der Waals surface area contributed by atoms with E-state index in [1.807, 2.05) is 24.3 Å². The number of carbonyl (C=O) groups excluding carboxylic acids is 1. The van der Waals surface area contributed by atoms with Gasteiger partial charge in [-0.3, -0.25) is 4.79 Å². The fraction of sp³-hybridized carbons (Fsp3) is 0.381. The molecule has 2 N–H and O–H groups in total. The molecule has 0 radical (unpaired) electrons. The lowest BCUT2D eigenvalue weighted by Crippen LogP contribution is -2.23. The molecule has 128 valence electrons. The van der Waals surface area contributed by atoms with Gasteiger partial charge in [-0.15, -0.1) is 0 Å². The zero-order valence-corrected chi connectivity index (χ0v) is 14.7. The molecule has 0 saturated heterocycles. The minimum Gasteiger partial charge on any atom is -0.326 e. The monoisotopic (exact) mass is 324 g/mol. The van der Waals surface area contributed by atoms with Gasteiger partial charge in [0.25, 0.3) is 0 Å². The number of hydrogen-bond acceptors (Lipinski definition) is 2. The van der Waals surface area contributed by atoms with Gasteiger partial charge in [-0.2, -0.15) is 0 Å². The smallest absolute Gasteiger partial charge is 0.225 e. The number of aryl methyl sites for hydroxylation is 1. The lowest BCUT2D eigenvalue weighted by molar-refractivity contribution is -0.116. The van der Waals surface area contributed by atoms with Crippen molar-refractivity contribution < 1.29 is 4.79 Å². The molecule has 0 aliphatic carbocycles. The van der Waals surface area contributed by atoms with E-state index in [0.717, 1.165) is 25.1 Å². The van der Waals surface area contributed by atoms with Crippen LogP contribution in [0.25, 0.3) is 0 Å². The lowest BCUT2D eigenvalue weighted by atomic mass is 10.0. The van der Waals surface area contributed by atoms with Gasteiger partial charge in [0.05, 0.1) is 0 Å². The van der Waals surface area contributed by atoms with Crippen molar-refractivity contribution in [2.45, 2.75) is 39.0 Å². The van der Waals surface area contributed by atoms with E-state index in [4.69, 9.17) is 0 Å². The molecule has 2 rings (SSSR count). The Bertz CT molecular complexity index is 623. The Morgan fingerprint density at radius 3 is 2.42 bits per heavy atom. The number of carbonyl (C=O) groups is 1. The molecule has 0 aliphatic heterocycles. The van der Waals surface area contributed by atoms with E-state index in [9.17, 15) is 4.79 Å². The van der Waals surface area contributed by atoms with Crippen molar-refractivity contribution in [2.24, 2.45) is 0 Å². The highest BCUT2D eigenvalue weighted by Crippen LogP contribution is 2.23. The van der Waals surface area contributed by atoms with Crippen LogP contribution in [0.2, 0.25) is 0 Å². The first-order chi connectivity index (χ1) is 11.7. The summed E-state index contributed by atoms with van der Waals surface area (Å²) >= 11 is 0. The third-order valence-electron chi connectivity index (χ3n) is 4.05. The molecule has 0 atom stereocenters. The summed E-state index contributed by atoms with van der Waals surface area (Å²) in [6, 6.07) is 18.5. The first kappa shape index (κ1) is 18.2. The second-order valence-electron chi connectivity index (χ2n) is 6.38. The summed E-state index contributed by atoms with van der Waals surface area (Å²) in [5.74, 6) is 0.469. The van der Waals surface area contributed by atoms with Gasteiger partial charge in [0.2, 0.25) is 5.91 Å². The second kappa shape index (κ2) is 9.89. The number of rotatable bonds is 9. The molecular formula is C21H28N2O. The van der Waals surface area contributed by atoms with E-state index < -0.39 is 0 Å². The Morgan fingerprint density at radius 2 is 1.67 bits per heavy atom. The largest absolute Gasteiger partial charge is 0.326 e. The zero-order valence-electron chi connectivity index (χ0n) is 14.7. The fourth-order valence-corrected chi connectivity index (χ4v) is 2.72. The molecule has 0 bridgehead atoms. The SMILES string of the molecule is CC(C)c1ccccc1NC(=O)CCNCCCc1ccccc1. The van der Waals surface area contributed by atoms with Crippen LogP contribution >= 0.6 is 0 Å². The van der Waals surface area contributed by atoms with E-state index in [1.54, 1.807) is 0 Å². The van der Waals surface area contributed by atoms with Crippen LogP contribution in [0.15, 0.2) is 54.6 Å². The standard InChI is InChI=1S/C21H28N2O/c1-17(2)19-12-6-7-13-20(19)23-21(24)14-16-22-15-8-11-18-9-4-3-5-10-18/h3-7,9-10,12-13,17,22H,8,11,14-16H2,1-2H3,(H,23,24). The van der Waals surface area contributed by atoms with Crippen LogP contribution in [-0.2, 0) is 11.2 Å². The molecule has 0 aromatic heterocycles. The van der Waals surface area contributed by atoms with Crippen molar-refractivity contribution in [2.75, 3.05) is 18.4 Å². The minimum absolute atomic E-state index is 0.0682. The zero-order chi connectivity index (χ0) is 17.2. The van der Waals surface area contributed by atoms with Crippen molar-refractivity contribution in [1.82, 2.24) is 5.32 Å². The first-order valence-corrected chi connectivity index (χ1v) is 8.80. The van der Waals surface area contributed by atoms with Crippen LogP contribution in [0.5, 0.6) is 0 Å². The molecule has 2 aromatic rings. The maximum atomic E-state index is 12.1. The van der Waals surface area contributed by atoms with Crippen LogP contribution < -0.4 is 10.6 Å². The second-order valence-corrected chi connectivity index (χ2v) is 6.38. The van der Waals surface area contributed by atoms with Gasteiger partial charge in [-0.25, -0.2) is 0 Å². The molecule has 24 heavy (non-hydrogen) atoms. The van der Waals surface area contributed by atoms with Gasteiger partial charge in [0.1, 0.15) is 0 Å². The molecule has 0 saturated carbocycles. The van der Waals surface area contributed by atoms with Crippen LogP contribution in [0.1, 0.15) is 43.7 Å². The summed E-state index contributed by atoms with van der Waals surface area (Å²) < 4.78 is 0. The van der Waals surface area contributed by atoms with Crippen LogP contribution in [0.4, 0.5) is 5.69 Å². The summed E-state index contributed by atoms with van der Waals surface area (Å²) in [6.45, 7) is 5.92. The number of amides is 1.